The van der Waals surface area contributed by atoms with Crippen LogP contribution in [0.2, 0.25) is 5.02 Å². The molecule has 1 atom stereocenters. The van der Waals surface area contributed by atoms with Gasteiger partial charge < -0.3 is 5.32 Å². The van der Waals surface area contributed by atoms with Crippen molar-refractivity contribution in [1.29, 1.82) is 0 Å². The zero-order chi connectivity index (χ0) is 14.5. The van der Waals surface area contributed by atoms with Crippen LogP contribution in [0.3, 0.4) is 0 Å². The van der Waals surface area contributed by atoms with Gasteiger partial charge >= 0.3 is 0 Å². The highest BCUT2D eigenvalue weighted by molar-refractivity contribution is 6.31. The van der Waals surface area contributed by atoms with E-state index in [0.29, 0.717) is 6.04 Å². The van der Waals surface area contributed by atoms with Crippen LogP contribution in [0.25, 0.3) is 0 Å². The first-order valence-electron chi connectivity index (χ1n) is 7.09. The van der Waals surface area contributed by atoms with E-state index < -0.39 is 0 Å². The van der Waals surface area contributed by atoms with E-state index in [0.717, 1.165) is 23.4 Å². The van der Waals surface area contributed by atoms with Crippen molar-refractivity contribution in [2.24, 2.45) is 0 Å². The molecule has 0 spiro atoms. The number of halogens is 1. The number of benzene rings is 2. The molecule has 1 unspecified atom stereocenters. The van der Waals surface area contributed by atoms with E-state index in [1.807, 2.05) is 14.0 Å². The lowest BCUT2D eigenvalue weighted by atomic mass is 9.97. The molecule has 2 aromatic rings. The van der Waals surface area contributed by atoms with Gasteiger partial charge in [0.25, 0.3) is 0 Å². The molecule has 0 heterocycles. The van der Waals surface area contributed by atoms with Crippen LogP contribution in [-0.2, 0) is 6.42 Å². The van der Waals surface area contributed by atoms with E-state index in [2.05, 4.69) is 54.7 Å². The number of hydrogen-bond donors (Lipinski definition) is 1. The molecule has 0 radical (unpaired) electrons. The molecule has 2 aromatic carbocycles. The maximum absolute atomic E-state index is 6.23. The molecule has 0 aromatic heterocycles. The maximum atomic E-state index is 6.23. The Balaban J connectivity index is 2.07. The summed E-state index contributed by atoms with van der Waals surface area (Å²) in [6, 6.07) is 15.4. The Morgan fingerprint density at radius 2 is 1.90 bits per heavy atom. The van der Waals surface area contributed by atoms with Gasteiger partial charge in [0, 0.05) is 11.1 Å². The number of aryl methyl sites for hydroxylation is 3. The second kappa shape index (κ2) is 6.92. The van der Waals surface area contributed by atoms with Crippen LogP contribution in [0.5, 0.6) is 0 Å². The van der Waals surface area contributed by atoms with Gasteiger partial charge in [0.2, 0.25) is 0 Å². The van der Waals surface area contributed by atoms with E-state index >= 15 is 0 Å². The molecule has 0 aliphatic carbocycles. The van der Waals surface area contributed by atoms with E-state index in [4.69, 9.17) is 11.6 Å². The lowest BCUT2D eigenvalue weighted by Crippen LogP contribution is -2.17. The maximum Gasteiger partial charge on any atom is 0.0438 e. The normalized spacial score (nSPS) is 12.4. The number of hydrogen-bond acceptors (Lipinski definition) is 1. The molecule has 1 nitrogen and oxygen atoms in total. The van der Waals surface area contributed by atoms with Crippen molar-refractivity contribution in [2.75, 3.05) is 7.05 Å². The van der Waals surface area contributed by atoms with Crippen molar-refractivity contribution >= 4 is 11.6 Å². The lowest BCUT2D eigenvalue weighted by Gasteiger charge is -2.17. The third kappa shape index (κ3) is 3.84. The molecule has 0 saturated heterocycles. The summed E-state index contributed by atoms with van der Waals surface area (Å²) in [7, 11) is 2.01. The van der Waals surface area contributed by atoms with Crippen LogP contribution in [0.4, 0.5) is 0 Å². The highest BCUT2D eigenvalue weighted by atomic mass is 35.5. The van der Waals surface area contributed by atoms with Gasteiger partial charge in [0.1, 0.15) is 0 Å². The summed E-state index contributed by atoms with van der Waals surface area (Å²) in [6.07, 6.45) is 2.14. The molecule has 2 heteroatoms. The van der Waals surface area contributed by atoms with Crippen LogP contribution in [0.1, 0.15) is 34.7 Å². The summed E-state index contributed by atoms with van der Waals surface area (Å²) in [4.78, 5) is 0. The first-order chi connectivity index (χ1) is 9.60. The highest BCUT2D eigenvalue weighted by Crippen LogP contribution is 2.24. The van der Waals surface area contributed by atoms with Crippen molar-refractivity contribution < 1.29 is 0 Å². The van der Waals surface area contributed by atoms with Crippen molar-refractivity contribution in [2.45, 2.75) is 32.7 Å². The van der Waals surface area contributed by atoms with Gasteiger partial charge in [0.05, 0.1) is 0 Å². The molecule has 0 aliphatic heterocycles. The summed E-state index contributed by atoms with van der Waals surface area (Å²) < 4.78 is 0. The van der Waals surface area contributed by atoms with E-state index in [1.54, 1.807) is 0 Å². The molecule has 0 aliphatic rings. The fourth-order valence-corrected chi connectivity index (χ4v) is 2.67. The summed E-state index contributed by atoms with van der Waals surface area (Å²) in [5.41, 5.74) is 5.10. The SMILES string of the molecule is CNC(CCc1cccc(C)c1)c1ccc(C)c(Cl)c1. The van der Waals surface area contributed by atoms with Crippen LogP contribution in [0, 0.1) is 13.8 Å². The van der Waals surface area contributed by atoms with Crippen molar-refractivity contribution in [3.8, 4) is 0 Å². The minimum atomic E-state index is 0.341. The van der Waals surface area contributed by atoms with E-state index in [1.165, 1.54) is 16.7 Å². The van der Waals surface area contributed by atoms with E-state index in [-0.39, 0.29) is 0 Å². The van der Waals surface area contributed by atoms with Crippen LogP contribution in [-0.4, -0.2) is 7.05 Å². The third-order valence-electron chi connectivity index (χ3n) is 3.75. The van der Waals surface area contributed by atoms with Gasteiger partial charge in [-0.25, -0.2) is 0 Å². The fraction of sp³-hybridized carbons (Fsp3) is 0.333. The molecular formula is C18H22ClN. The van der Waals surface area contributed by atoms with Gasteiger partial charge in [-0.3, -0.25) is 0 Å². The summed E-state index contributed by atoms with van der Waals surface area (Å²) >= 11 is 6.23. The van der Waals surface area contributed by atoms with Gasteiger partial charge in [-0.05, 0) is 56.5 Å². The molecule has 0 amide bonds. The minimum Gasteiger partial charge on any atom is -0.313 e. The lowest BCUT2D eigenvalue weighted by molar-refractivity contribution is 0.549. The average Bonchev–Trinajstić information content (AvgIpc) is 2.43. The number of nitrogens with one attached hydrogen (secondary N) is 1. The fourth-order valence-electron chi connectivity index (χ4n) is 2.48. The van der Waals surface area contributed by atoms with Crippen LogP contribution >= 0.6 is 11.6 Å². The zero-order valence-corrected chi connectivity index (χ0v) is 13.2. The predicted molar refractivity (Wildman–Crippen MR) is 87.5 cm³/mol. The van der Waals surface area contributed by atoms with E-state index in [9.17, 15) is 0 Å². The number of rotatable bonds is 5. The van der Waals surface area contributed by atoms with Gasteiger partial charge in [0.15, 0.2) is 0 Å². The summed E-state index contributed by atoms with van der Waals surface area (Å²) in [5.74, 6) is 0. The smallest absolute Gasteiger partial charge is 0.0438 e. The Kier molecular flexibility index (Phi) is 5.22. The third-order valence-corrected chi connectivity index (χ3v) is 4.16. The second-order valence-corrected chi connectivity index (χ2v) is 5.78. The minimum absolute atomic E-state index is 0.341. The molecule has 20 heavy (non-hydrogen) atoms. The predicted octanol–water partition coefficient (Wildman–Crippen LogP) is 4.85. The Bertz CT molecular complexity index is 577. The Hall–Kier alpha value is -1.31. The Morgan fingerprint density at radius 1 is 1.10 bits per heavy atom. The molecule has 106 valence electrons. The first kappa shape index (κ1) is 15.1. The van der Waals surface area contributed by atoms with Crippen LogP contribution in [0.15, 0.2) is 42.5 Å². The molecule has 0 saturated carbocycles. The molecule has 0 fully saturated rings. The first-order valence-corrected chi connectivity index (χ1v) is 7.47. The quantitative estimate of drug-likeness (QED) is 0.829. The monoisotopic (exact) mass is 287 g/mol. The standard InChI is InChI=1S/C18H22ClN/c1-13-5-4-6-15(11-13)8-10-18(20-3)16-9-7-14(2)17(19)12-16/h4-7,9,11-12,18,20H,8,10H2,1-3H3. The highest BCUT2D eigenvalue weighted by Gasteiger charge is 2.10. The summed E-state index contributed by atoms with van der Waals surface area (Å²) in [5, 5.41) is 4.24. The van der Waals surface area contributed by atoms with Gasteiger partial charge in [-0.15, -0.1) is 0 Å². The Morgan fingerprint density at radius 3 is 2.55 bits per heavy atom. The second-order valence-electron chi connectivity index (χ2n) is 5.38. The van der Waals surface area contributed by atoms with Crippen molar-refractivity contribution in [3.05, 3.63) is 69.7 Å². The largest absolute Gasteiger partial charge is 0.313 e. The van der Waals surface area contributed by atoms with Gasteiger partial charge in [-0.2, -0.15) is 0 Å². The molecule has 2 rings (SSSR count). The molecular weight excluding hydrogens is 266 g/mol. The van der Waals surface area contributed by atoms with Crippen molar-refractivity contribution in [3.63, 3.8) is 0 Å². The molecule has 1 N–H and O–H groups in total. The van der Waals surface area contributed by atoms with Crippen LogP contribution < -0.4 is 5.32 Å². The average molecular weight is 288 g/mol. The Labute approximate surface area is 127 Å². The van der Waals surface area contributed by atoms with Gasteiger partial charge in [-0.1, -0.05) is 53.6 Å². The zero-order valence-electron chi connectivity index (χ0n) is 12.4. The van der Waals surface area contributed by atoms with Crippen molar-refractivity contribution in [1.82, 2.24) is 5.32 Å². The topological polar surface area (TPSA) is 12.0 Å². The molecule has 0 bridgehead atoms. The summed E-state index contributed by atoms with van der Waals surface area (Å²) in [6.45, 7) is 4.17.